The molecule has 1 heterocycles. The molecule has 15 heavy (non-hydrogen) atoms. The minimum atomic E-state index is 0.372. The fourth-order valence-electron chi connectivity index (χ4n) is 1.89. The van der Waals surface area contributed by atoms with Crippen LogP contribution in [0.15, 0.2) is 0 Å². The number of aromatic nitrogens is 3. The van der Waals surface area contributed by atoms with Gasteiger partial charge in [-0.1, -0.05) is 31.5 Å². The Bertz CT molecular complexity index is 342. The number of hydrogen-bond donors (Lipinski definition) is 2. The number of nitrogens with two attached hydrogens (primary N) is 1. The zero-order valence-corrected chi connectivity index (χ0v) is 9.33. The highest BCUT2D eigenvalue weighted by atomic mass is 32.1. The highest BCUT2D eigenvalue weighted by Gasteiger charge is 2.15. The molecule has 1 aliphatic rings. The lowest BCUT2D eigenvalue weighted by Crippen LogP contribution is -2.31. The average molecular weight is 225 g/mol. The monoisotopic (exact) mass is 225 g/mol. The van der Waals surface area contributed by atoms with Gasteiger partial charge in [-0.05, 0) is 12.8 Å². The fraction of sp³-hybridized carbons (Fsp3) is 0.667. The van der Waals surface area contributed by atoms with Gasteiger partial charge in [-0.25, -0.2) is 0 Å². The number of nitrogens with zero attached hydrogens (tertiary/aromatic N) is 3. The van der Waals surface area contributed by atoms with Crippen molar-refractivity contribution in [2.75, 3.05) is 11.2 Å². The largest absolute Gasteiger partial charge is 0.367 e. The molecular weight excluding hydrogens is 210 g/mol. The van der Waals surface area contributed by atoms with Crippen molar-refractivity contribution in [2.45, 2.75) is 38.1 Å². The average Bonchev–Trinajstić information content (AvgIpc) is 2.61. The number of rotatable bonds is 3. The molecule has 0 unspecified atom stereocenters. The van der Waals surface area contributed by atoms with Gasteiger partial charge in [0.1, 0.15) is 0 Å². The van der Waals surface area contributed by atoms with Crippen LogP contribution in [0.4, 0.5) is 5.95 Å². The van der Waals surface area contributed by atoms with Crippen LogP contribution >= 0.6 is 12.2 Å². The Morgan fingerprint density at radius 1 is 1.40 bits per heavy atom. The Labute approximate surface area is 94.0 Å². The molecule has 0 bridgehead atoms. The summed E-state index contributed by atoms with van der Waals surface area (Å²) < 4.78 is 0. The summed E-state index contributed by atoms with van der Waals surface area (Å²) in [4.78, 5) is 5.54. The van der Waals surface area contributed by atoms with Gasteiger partial charge >= 0.3 is 0 Å². The first-order valence-corrected chi connectivity index (χ1v) is 5.71. The summed E-state index contributed by atoms with van der Waals surface area (Å²) in [6.07, 6.45) is 6.22. The molecule has 0 aliphatic heterocycles. The summed E-state index contributed by atoms with van der Waals surface area (Å²) in [5.41, 5.74) is 8.95. The van der Waals surface area contributed by atoms with Gasteiger partial charge in [0.15, 0.2) is 5.82 Å². The summed E-state index contributed by atoms with van der Waals surface area (Å²) >= 11 is 4.75. The molecule has 6 heteroatoms. The van der Waals surface area contributed by atoms with Crippen molar-refractivity contribution in [3.63, 3.8) is 0 Å². The summed E-state index contributed by atoms with van der Waals surface area (Å²) in [5, 5.41) is 5.56. The van der Waals surface area contributed by atoms with Gasteiger partial charge in [0.05, 0.1) is 0 Å². The van der Waals surface area contributed by atoms with Crippen molar-refractivity contribution in [3.05, 3.63) is 5.82 Å². The number of anilines is 1. The van der Waals surface area contributed by atoms with E-state index in [2.05, 4.69) is 15.5 Å². The zero-order valence-electron chi connectivity index (χ0n) is 8.52. The van der Waals surface area contributed by atoms with E-state index in [0.29, 0.717) is 17.8 Å². The Hall–Kier alpha value is -1.17. The van der Waals surface area contributed by atoms with Crippen molar-refractivity contribution in [2.24, 2.45) is 0 Å². The first-order chi connectivity index (χ1) is 7.29. The van der Waals surface area contributed by atoms with Crippen molar-refractivity contribution < 1.29 is 0 Å². The molecule has 0 amide bonds. The molecule has 3 N–H and O–H groups in total. The van der Waals surface area contributed by atoms with Crippen LogP contribution in [0, 0.1) is 0 Å². The number of nitrogens with one attached hydrogen (secondary N) is 1. The van der Waals surface area contributed by atoms with Gasteiger partial charge < -0.3 is 11.2 Å². The number of thiocarbonyl (C=S) groups is 1. The summed E-state index contributed by atoms with van der Waals surface area (Å²) in [7, 11) is 0. The molecule has 82 valence electrons. The van der Waals surface area contributed by atoms with Crippen LogP contribution in [-0.4, -0.2) is 26.3 Å². The third-order valence-corrected chi connectivity index (χ3v) is 2.87. The molecule has 1 fully saturated rings. The molecule has 0 radical (unpaired) electrons. The van der Waals surface area contributed by atoms with Crippen molar-refractivity contribution in [1.82, 2.24) is 14.9 Å². The van der Waals surface area contributed by atoms with Crippen LogP contribution in [-0.2, 0) is 0 Å². The molecule has 5 nitrogen and oxygen atoms in total. The van der Waals surface area contributed by atoms with E-state index in [0.717, 1.165) is 0 Å². The maximum absolute atomic E-state index is 5.69. The van der Waals surface area contributed by atoms with E-state index in [1.165, 1.54) is 42.3 Å². The van der Waals surface area contributed by atoms with Crippen LogP contribution in [0.5, 0.6) is 0 Å². The van der Waals surface area contributed by atoms with E-state index in [1.54, 1.807) is 0 Å². The molecule has 2 rings (SSSR count). The van der Waals surface area contributed by atoms with Crippen LogP contribution in [0.3, 0.4) is 0 Å². The Kier molecular flexibility index (Phi) is 3.15. The second kappa shape index (κ2) is 4.57. The van der Waals surface area contributed by atoms with Gasteiger partial charge in [0, 0.05) is 11.4 Å². The topological polar surface area (TPSA) is 68.8 Å². The molecule has 1 aromatic rings. The molecule has 0 saturated heterocycles. The zero-order chi connectivity index (χ0) is 10.7. The molecule has 1 aromatic heterocycles. The molecular formula is C9H15N5S. The smallest absolute Gasteiger partial charge is 0.239 e. The molecule has 1 aliphatic carbocycles. The maximum Gasteiger partial charge on any atom is 0.239 e. The van der Waals surface area contributed by atoms with E-state index in [9.17, 15) is 0 Å². The van der Waals surface area contributed by atoms with Gasteiger partial charge in [0.25, 0.3) is 0 Å². The molecule has 0 spiro atoms. The highest BCUT2D eigenvalue weighted by Crippen LogP contribution is 2.18. The van der Waals surface area contributed by atoms with Crippen molar-refractivity contribution in [3.8, 4) is 0 Å². The lowest BCUT2D eigenvalue weighted by Gasteiger charge is -2.23. The summed E-state index contributed by atoms with van der Waals surface area (Å²) in [6.45, 7) is 0. The van der Waals surface area contributed by atoms with Crippen molar-refractivity contribution in [1.29, 1.82) is 0 Å². The van der Waals surface area contributed by atoms with Crippen LogP contribution in [0.1, 0.15) is 37.9 Å². The van der Waals surface area contributed by atoms with Gasteiger partial charge in [-0.15, -0.1) is 9.89 Å². The van der Waals surface area contributed by atoms with E-state index < -0.39 is 0 Å². The second-order valence-corrected chi connectivity index (χ2v) is 4.06. The lowest BCUT2D eigenvalue weighted by molar-refractivity contribution is 0.431. The normalized spacial score (nSPS) is 17.6. The standard InChI is InChI=1S/C9H15N5S/c10-9-11-8(6-15)13-14(9)12-7-4-2-1-3-5-7/h6-7,12H,1-5H2,(H2,10,11,13). The molecule has 0 atom stereocenters. The third kappa shape index (κ3) is 2.44. The van der Waals surface area contributed by atoms with E-state index in [-0.39, 0.29) is 0 Å². The SMILES string of the molecule is Nc1nc(C=S)nn1NC1CCCCC1. The molecule has 0 aromatic carbocycles. The highest BCUT2D eigenvalue weighted by molar-refractivity contribution is 7.79. The van der Waals surface area contributed by atoms with E-state index in [4.69, 9.17) is 18.0 Å². The Morgan fingerprint density at radius 3 is 2.73 bits per heavy atom. The second-order valence-electron chi connectivity index (χ2n) is 3.82. The summed E-state index contributed by atoms with van der Waals surface area (Å²) in [5.74, 6) is 0.863. The first-order valence-electron chi connectivity index (χ1n) is 5.24. The van der Waals surface area contributed by atoms with Crippen LogP contribution in [0.2, 0.25) is 0 Å². The van der Waals surface area contributed by atoms with E-state index >= 15 is 0 Å². The first kappa shape index (κ1) is 10.4. The number of nitrogen functional groups attached to an aromatic ring is 1. The van der Waals surface area contributed by atoms with Crippen LogP contribution in [0.25, 0.3) is 0 Å². The fourth-order valence-corrected chi connectivity index (χ4v) is 1.99. The van der Waals surface area contributed by atoms with Gasteiger partial charge in [0.2, 0.25) is 5.95 Å². The quantitative estimate of drug-likeness (QED) is 0.753. The van der Waals surface area contributed by atoms with E-state index in [1.807, 2.05) is 0 Å². The summed E-state index contributed by atoms with van der Waals surface area (Å²) in [6, 6.07) is 0.459. The Morgan fingerprint density at radius 2 is 2.13 bits per heavy atom. The minimum absolute atomic E-state index is 0.372. The van der Waals surface area contributed by atoms with Crippen LogP contribution < -0.4 is 11.2 Å². The maximum atomic E-state index is 5.69. The third-order valence-electron chi connectivity index (χ3n) is 2.66. The molecule has 1 saturated carbocycles. The predicted molar refractivity (Wildman–Crippen MR) is 63.4 cm³/mol. The predicted octanol–water partition coefficient (Wildman–Crippen LogP) is 1.08. The van der Waals surface area contributed by atoms with Crippen molar-refractivity contribution >= 4 is 23.5 Å². The Balaban J connectivity index is 2.02. The van der Waals surface area contributed by atoms with Gasteiger partial charge in [-0.3, -0.25) is 0 Å². The number of hydrogen-bond acceptors (Lipinski definition) is 5. The lowest BCUT2D eigenvalue weighted by atomic mass is 9.96. The van der Waals surface area contributed by atoms with Gasteiger partial charge in [-0.2, -0.15) is 4.98 Å². The minimum Gasteiger partial charge on any atom is -0.367 e.